The Morgan fingerprint density at radius 2 is 1.52 bits per heavy atom. The molecule has 0 amide bonds. The summed E-state index contributed by atoms with van der Waals surface area (Å²) in [5.74, 6) is 0. The van der Waals surface area contributed by atoms with Crippen LogP contribution in [-0.2, 0) is 29.3 Å². The first-order chi connectivity index (χ1) is 13.5. The number of hydrogen-bond acceptors (Lipinski definition) is 0. The number of rotatable bonds is 3. The molecule has 29 heavy (non-hydrogen) atoms. The average molecular weight is 549 g/mol. The van der Waals surface area contributed by atoms with Gasteiger partial charge in [0.25, 0.3) is 0 Å². The van der Waals surface area contributed by atoms with Gasteiger partial charge in [0.05, 0.1) is 0 Å². The Hall–Kier alpha value is -1.21. The summed E-state index contributed by atoms with van der Waals surface area (Å²) in [6.45, 7) is 19.2. The molecule has 4 rings (SSSR count). The van der Waals surface area contributed by atoms with E-state index in [0.717, 1.165) is 0 Å². The molecule has 2 aliphatic rings. The molecule has 0 spiro atoms. The Labute approximate surface area is 188 Å². The van der Waals surface area contributed by atoms with Crippen molar-refractivity contribution in [2.45, 2.75) is 71.4 Å². The van der Waals surface area contributed by atoms with Gasteiger partial charge in [0, 0.05) is 0 Å². The normalized spacial score (nSPS) is 18.9. The Bertz CT molecular complexity index is 1070. The molecule has 0 heterocycles. The second kappa shape index (κ2) is 7.19. The number of hydrogen-bond donors (Lipinski definition) is 0. The first kappa shape index (κ1) is 21.0. The van der Waals surface area contributed by atoms with Crippen LogP contribution < -0.4 is 0 Å². The summed E-state index contributed by atoms with van der Waals surface area (Å²) >= 11 is -1.12. The minimum absolute atomic E-state index is 0.306. The van der Waals surface area contributed by atoms with E-state index in [2.05, 4.69) is 91.8 Å². The Kier molecular flexibility index (Phi) is 5.21. The summed E-state index contributed by atoms with van der Waals surface area (Å²) in [4.78, 5) is 0. The molecule has 1 heteroatoms. The van der Waals surface area contributed by atoms with Gasteiger partial charge in [-0.3, -0.25) is 0 Å². The fraction of sp³-hybridized carbons (Fsp3) is 0.429. The Balaban J connectivity index is 1.88. The van der Waals surface area contributed by atoms with Crippen molar-refractivity contribution in [2.75, 3.05) is 0 Å². The predicted octanol–water partition coefficient (Wildman–Crippen LogP) is 8.49. The van der Waals surface area contributed by atoms with Crippen LogP contribution in [-0.4, -0.2) is 0 Å². The summed E-state index contributed by atoms with van der Waals surface area (Å²) < 4.78 is 2.21. The van der Waals surface area contributed by atoms with Crippen molar-refractivity contribution in [3.05, 3.63) is 73.1 Å². The first-order valence-electron chi connectivity index (χ1n) is 10.9. The van der Waals surface area contributed by atoms with E-state index in [0.29, 0.717) is 8.59 Å². The third-order valence-corrected chi connectivity index (χ3v) is 14.6. The van der Waals surface area contributed by atoms with Crippen LogP contribution in [0.5, 0.6) is 0 Å². The van der Waals surface area contributed by atoms with Crippen molar-refractivity contribution in [1.82, 2.24) is 0 Å². The summed E-state index contributed by atoms with van der Waals surface area (Å²) in [6.07, 6.45) is 2.39. The first-order valence-corrected chi connectivity index (χ1v) is 14.5. The molecular formula is C28H34Hf. The van der Waals surface area contributed by atoms with Crippen molar-refractivity contribution in [3.63, 3.8) is 0 Å². The summed E-state index contributed by atoms with van der Waals surface area (Å²) in [5, 5.41) is 2.85. The standard InChI is InChI=1S/C18H19.C10H15.Hf/c1-18(2,3)12-15-11-10-14-9-8-13-6-4-5-7-16(13)17(14)15;1-6-7(2)9(4)10(5)8(6)3;/h4-9H,10,12H2,1-3H3;1-5H3;. The fourth-order valence-electron chi connectivity index (χ4n) is 5.20. The molecule has 0 radical (unpaired) electrons. The Morgan fingerprint density at radius 1 is 0.897 bits per heavy atom. The van der Waals surface area contributed by atoms with Gasteiger partial charge in [-0.25, -0.2) is 0 Å². The van der Waals surface area contributed by atoms with Crippen molar-refractivity contribution >= 4 is 16.3 Å². The van der Waals surface area contributed by atoms with Crippen LogP contribution in [0.3, 0.4) is 0 Å². The van der Waals surface area contributed by atoms with Crippen LogP contribution in [0.15, 0.2) is 62.0 Å². The number of allylic oxidation sites excluding steroid dienone is 6. The van der Waals surface area contributed by atoms with Gasteiger partial charge in [-0.15, -0.1) is 0 Å². The van der Waals surface area contributed by atoms with Crippen LogP contribution in [0.4, 0.5) is 0 Å². The molecule has 0 unspecified atom stereocenters. The molecule has 2 aromatic carbocycles. The molecule has 0 bridgehead atoms. The zero-order chi connectivity index (χ0) is 21.1. The topological polar surface area (TPSA) is 0 Å². The molecule has 0 saturated carbocycles. The number of benzene rings is 2. The molecule has 0 aromatic heterocycles. The van der Waals surface area contributed by atoms with Gasteiger partial charge in [0.1, 0.15) is 0 Å². The zero-order valence-electron chi connectivity index (χ0n) is 19.4. The maximum atomic E-state index is 2.56. The van der Waals surface area contributed by atoms with Crippen molar-refractivity contribution < 1.29 is 22.9 Å². The molecule has 0 nitrogen and oxygen atoms in total. The SMILES string of the molecule is CC1=C(C)[C](C)([Hf][C]2=C(CC(C)(C)C)c3c(ccc4ccccc34)C2)C(C)=C1C. The fourth-order valence-corrected chi connectivity index (χ4v) is 12.4. The van der Waals surface area contributed by atoms with Gasteiger partial charge < -0.3 is 0 Å². The number of fused-ring (bicyclic) bond motifs is 3. The van der Waals surface area contributed by atoms with E-state index in [9.17, 15) is 0 Å². The van der Waals surface area contributed by atoms with Crippen LogP contribution in [0, 0.1) is 5.41 Å². The van der Waals surface area contributed by atoms with Gasteiger partial charge >= 0.3 is 189 Å². The van der Waals surface area contributed by atoms with Crippen LogP contribution in [0.2, 0.25) is 3.17 Å². The third kappa shape index (κ3) is 3.48. The van der Waals surface area contributed by atoms with E-state index in [1.165, 1.54) is 23.6 Å². The van der Waals surface area contributed by atoms with Crippen molar-refractivity contribution in [3.8, 4) is 0 Å². The van der Waals surface area contributed by atoms with E-state index < -0.39 is 22.9 Å². The molecule has 2 aliphatic carbocycles. The minimum atomic E-state index is -1.12. The summed E-state index contributed by atoms with van der Waals surface area (Å²) in [6, 6.07) is 13.7. The van der Waals surface area contributed by atoms with Crippen molar-refractivity contribution in [2.24, 2.45) is 5.41 Å². The maximum absolute atomic E-state index is 2.56. The van der Waals surface area contributed by atoms with Gasteiger partial charge in [-0.05, 0) is 0 Å². The van der Waals surface area contributed by atoms with Gasteiger partial charge in [-0.1, -0.05) is 0 Å². The zero-order valence-corrected chi connectivity index (χ0v) is 23.0. The average Bonchev–Trinajstić information content (AvgIpc) is 3.06. The van der Waals surface area contributed by atoms with Gasteiger partial charge in [0.2, 0.25) is 0 Å². The van der Waals surface area contributed by atoms with E-state index in [1.807, 2.05) is 3.33 Å². The Morgan fingerprint density at radius 3 is 2.14 bits per heavy atom. The van der Waals surface area contributed by atoms with Crippen LogP contribution in [0.25, 0.3) is 16.3 Å². The summed E-state index contributed by atoms with van der Waals surface area (Å²) in [5.41, 5.74) is 11.6. The second-order valence-corrected chi connectivity index (χ2v) is 17.1. The van der Waals surface area contributed by atoms with Crippen LogP contribution >= 0.6 is 0 Å². The molecule has 150 valence electrons. The van der Waals surface area contributed by atoms with Crippen LogP contribution in [0.1, 0.15) is 72.9 Å². The monoisotopic (exact) mass is 550 g/mol. The van der Waals surface area contributed by atoms with Gasteiger partial charge in [-0.2, -0.15) is 0 Å². The van der Waals surface area contributed by atoms with E-state index in [4.69, 9.17) is 0 Å². The molecule has 0 aliphatic heterocycles. The van der Waals surface area contributed by atoms with Gasteiger partial charge in [0.15, 0.2) is 0 Å². The van der Waals surface area contributed by atoms with Crippen molar-refractivity contribution in [1.29, 1.82) is 0 Å². The molecule has 0 atom stereocenters. The molecular weight excluding hydrogens is 515 g/mol. The molecule has 2 aromatic rings. The molecule has 0 N–H and O–H groups in total. The quantitative estimate of drug-likeness (QED) is 0.337. The summed E-state index contributed by atoms with van der Waals surface area (Å²) in [7, 11) is 0. The second-order valence-electron chi connectivity index (χ2n) is 10.4. The van der Waals surface area contributed by atoms with E-state index in [1.54, 1.807) is 39.0 Å². The third-order valence-electron chi connectivity index (χ3n) is 7.34. The molecule has 0 saturated heterocycles. The van der Waals surface area contributed by atoms with E-state index in [-0.39, 0.29) is 0 Å². The van der Waals surface area contributed by atoms with E-state index >= 15 is 0 Å². The predicted molar refractivity (Wildman–Crippen MR) is 124 cm³/mol. The molecule has 0 fully saturated rings.